The fraction of sp³-hybridized carbons (Fsp3) is 0.923. The average Bonchev–Trinajstić information content (AvgIpc) is 2.36. The minimum Gasteiger partial charge on any atom is -0.381 e. The molecule has 1 aliphatic rings. The number of rotatable bonds is 5. The highest BCUT2D eigenvalue weighted by molar-refractivity contribution is 5.82. The summed E-state index contributed by atoms with van der Waals surface area (Å²) in [6.45, 7) is 8.86. The van der Waals surface area contributed by atoms with Gasteiger partial charge >= 0.3 is 0 Å². The Hall–Kier alpha value is -0.610. The van der Waals surface area contributed by atoms with Gasteiger partial charge < -0.3 is 15.8 Å². The molecule has 1 rings (SSSR count). The van der Waals surface area contributed by atoms with E-state index in [0.717, 1.165) is 39.0 Å². The number of amides is 1. The predicted octanol–water partition coefficient (Wildman–Crippen LogP) is 1.29. The lowest BCUT2D eigenvalue weighted by Gasteiger charge is -2.35. The van der Waals surface area contributed by atoms with Gasteiger partial charge in [0.15, 0.2) is 0 Å². The van der Waals surface area contributed by atoms with Gasteiger partial charge in [-0.2, -0.15) is 0 Å². The van der Waals surface area contributed by atoms with Crippen LogP contribution in [0.5, 0.6) is 0 Å². The number of nitrogens with one attached hydrogen (secondary N) is 1. The number of hydrogen-bond acceptors (Lipinski definition) is 3. The zero-order valence-corrected chi connectivity index (χ0v) is 11.3. The van der Waals surface area contributed by atoms with E-state index in [0.29, 0.717) is 6.54 Å². The quantitative estimate of drug-likeness (QED) is 0.763. The summed E-state index contributed by atoms with van der Waals surface area (Å²) < 4.78 is 5.35. The standard InChI is InChI=1S/C13H26N2O2/c1-4-13(3,9-14)11(16)15-10-12(2)5-7-17-8-6-12/h4-10,14H2,1-3H3,(H,15,16). The molecule has 1 unspecified atom stereocenters. The maximum absolute atomic E-state index is 12.1. The van der Waals surface area contributed by atoms with E-state index in [2.05, 4.69) is 12.2 Å². The molecule has 17 heavy (non-hydrogen) atoms. The molecule has 0 aromatic carbocycles. The van der Waals surface area contributed by atoms with Crippen LogP contribution in [0.1, 0.15) is 40.0 Å². The summed E-state index contributed by atoms with van der Waals surface area (Å²) in [7, 11) is 0. The third kappa shape index (κ3) is 3.68. The summed E-state index contributed by atoms with van der Waals surface area (Å²) in [4.78, 5) is 12.1. The highest BCUT2D eigenvalue weighted by atomic mass is 16.5. The van der Waals surface area contributed by atoms with E-state index in [4.69, 9.17) is 10.5 Å². The molecule has 4 heteroatoms. The van der Waals surface area contributed by atoms with Gasteiger partial charge in [0.2, 0.25) is 5.91 Å². The molecule has 0 saturated carbocycles. The van der Waals surface area contributed by atoms with Crippen molar-refractivity contribution in [1.29, 1.82) is 0 Å². The Morgan fingerprint density at radius 1 is 1.47 bits per heavy atom. The van der Waals surface area contributed by atoms with Crippen molar-refractivity contribution in [1.82, 2.24) is 5.32 Å². The third-order valence-electron chi connectivity index (χ3n) is 4.15. The number of ether oxygens (including phenoxy) is 1. The van der Waals surface area contributed by atoms with Gasteiger partial charge in [0.25, 0.3) is 0 Å². The molecule has 0 aromatic rings. The molecule has 1 saturated heterocycles. The average molecular weight is 242 g/mol. The Labute approximate surface area is 104 Å². The van der Waals surface area contributed by atoms with Crippen LogP contribution >= 0.6 is 0 Å². The molecule has 3 N–H and O–H groups in total. The normalized spacial score (nSPS) is 22.8. The van der Waals surface area contributed by atoms with Crippen molar-refractivity contribution in [2.75, 3.05) is 26.3 Å². The van der Waals surface area contributed by atoms with Gasteiger partial charge in [-0.25, -0.2) is 0 Å². The van der Waals surface area contributed by atoms with Crippen LogP contribution in [0, 0.1) is 10.8 Å². The van der Waals surface area contributed by atoms with Crippen molar-refractivity contribution >= 4 is 5.91 Å². The smallest absolute Gasteiger partial charge is 0.227 e. The van der Waals surface area contributed by atoms with Crippen molar-refractivity contribution < 1.29 is 9.53 Å². The summed E-state index contributed by atoms with van der Waals surface area (Å²) in [6.07, 6.45) is 2.80. The van der Waals surface area contributed by atoms with E-state index in [1.165, 1.54) is 0 Å². The van der Waals surface area contributed by atoms with Gasteiger partial charge in [0.1, 0.15) is 0 Å². The molecule has 4 nitrogen and oxygen atoms in total. The van der Waals surface area contributed by atoms with Gasteiger partial charge in [-0.05, 0) is 31.6 Å². The number of carbonyl (C=O) groups excluding carboxylic acids is 1. The first-order valence-corrected chi connectivity index (χ1v) is 6.52. The molecule has 1 heterocycles. The van der Waals surface area contributed by atoms with Crippen LogP contribution in [0.15, 0.2) is 0 Å². The molecule has 0 aromatic heterocycles. The Morgan fingerprint density at radius 2 is 2.06 bits per heavy atom. The second-order valence-electron chi connectivity index (χ2n) is 5.72. The summed E-state index contributed by atoms with van der Waals surface area (Å²) >= 11 is 0. The molecular weight excluding hydrogens is 216 g/mol. The molecule has 100 valence electrons. The summed E-state index contributed by atoms with van der Waals surface area (Å²) in [5, 5.41) is 3.06. The fourth-order valence-corrected chi connectivity index (χ4v) is 1.95. The lowest BCUT2D eigenvalue weighted by atomic mass is 9.81. The van der Waals surface area contributed by atoms with Crippen molar-refractivity contribution in [3.05, 3.63) is 0 Å². The van der Waals surface area contributed by atoms with E-state index >= 15 is 0 Å². The zero-order valence-electron chi connectivity index (χ0n) is 11.3. The second-order valence-corrected chi connectivity index (χ2v) is 5.72. The highest BCUT2D eigenvalue weighted by Gasteiger charge is 2.33. The van der Waals surface area contributed by atoms with Gasteiger partial charge in [0.05, 0.1) is 5.41 Å². The molecule has 1 aliphatic heterocycles. The maximum atomic E-state index is 12.1. The minimum atomic E-state index is -0.429. The lowest BCUT2D eigenvalue weighted by molar-refractivity contribution is -0.130. The lowest BCUT2D eigenvalue weighted by Crippen LogP contribution is -2.47. The molecule has 1 amide bonds. The van der Waals surface area contributed by atoms with Crippen LogP contribution < -0.4 is 11.1 Å². The van der Waals surface area contributed by atoms with Crippen molar-refractivity contribution in [2.24, 2.45) is 16.6 Å². The molecule has 0 spiro atoms. The van der Waals surface area contributed by atoms with Crippen molar-refractivity contribution in [2.45, 2.75) is 40.0 Å². The van der Waals surface area contributed by atoms with Crippen LogP contribution in [0.4, 0.5) is 0 Å². The van der Waals surface area contributed by atoms with E-state index in [9.17, 15) is 4.79 Å². The van der Waals surface area contributed by atoms with Gasteiger partial charge in [-0.1, -0.05) is 13.8 Å². The molecule has 0 radical (unpaired) electrons. The first-order valence-electron chi connectivity index (χ1n) is 6.52. The summed E-state index contributed by atoms with van der Waals surface area (Å²) in [5.74, 6) is 0.0789. The SMILES string of the molecule is CCC(C)(CN)C(=O)NCC1(C)CCOCC1. The third-order valence-corrected chi connectivity index (χ3v) is 4.15. The Bertz CT molecular complexity index is 256. The van der Waals surface area contributed by atoms with Crippen LogP contribution in [0.2, 0.25) is 0 Å². The van der Waals surface area contributed by atoms with Gasteiger partial charge in [-0.3, -0.25) is 4.79 Å². The molecule has 0 aliphatic carbocycles. The molecule has 1 fully saturated rings. The molecular formula is C13H26N2O2. The predicted molar refractivity (Wildman–Crippen MR) is 68.6 cm³/mol. The van der Waals surface area contributed by atoms with Crippen molar-refractivity contribution in [3.8, 4) is 0 Å². The first kappa shape index (κ1) is 14.5. The fourth-order valence-electron chi connectivity index (χ4n) is 1.95. The highest BCUT2D eigenvalue weighted by Crippen LogP contribution is 2.29. The summed E-state index contributed by atoms with van der Waals surface area (Å²) in [5.41, 5.74) is 5.43. The van der Waals surface area contributed by atoms with E-state index in [1.807, 2.05) is 13.8 Å². The number of hydrogen-bond donors (Lipinski definition) is 2. The second kappa shape index (κ2) is 5.83. The monoisotopic (exact) mass is 242 g/mol. The topological polar surface area (TPSA) is 64.4 Å². The van der Waals surface area contributed by atoms with E-state index in [-0.39, 0.29) is 11.3 Å². The minimum absolute atomic E-state index is 0.0789. The maximum Gasteiger partial charge on any atom is 0.227 e. The van der Waals surface area contributed by atoms with Crippen LogP contribution in [0.3, 0.4) is 0 Å². The number of nitrogens with two attached hydrogens (primary N) is 1. The van der Waals surface area contributed by atoms with Crippen LogP contribution in [-0.2, 0) is 9.53 Å². The largest absolute Gasteiger partial charge is 0.381 e. The van der Waals surface area contributed by atoms with Gasteiger partial charge in [-0.15, -0.1) is 0 Å². The van der Waals surface area contributed by atoms with E-state index in [1.54, 1.807) is 0 Å². The van der Waals surface area contributed by atoms with Crippen LogP contribution in [0.25, 0.3) is 0 Å². The Kier molecular flexibility index (Phi) is 4.95. The molecule has 1 atom stereocenters. The zero-order chi connectivity index (χ0) is 12.9. The van der Waals surface area contributed by atoms with Crippen molar-refractivity contribution in [3.63, 3.8) is 0 Å². The summed E-state index contributed by atoms with van der Waals surface area (Å²) in [6, 6.07) is 0. The van der Waals surface area contributed by atoms with E-state index < -0.39 is 5.41 Å². The van der Waals surface area contributed by atoms with Crippen LogP contribution in [-0.4, -0.2) is 32.2 Å². The first-order chi connectivity index (χ1) is 7.96. The Morgan fingerprint density at radius 3 is 2.53 bits per heavy atom. The van der Waals surface area contributed by atoms with Gasteiger partial charge in [0, 0.05) is 26.3 Å². The molecule has 0 bridgehead atoms. The Balaban J connectivity index is 2.46. The number of carbonyl (C=O) groups is 1.